The van der Waals surface area contributed by atoms with E-state index in [0.717, 1.165) is 12.8 Å². The minimum atomic E-state index is -0.790. The van der Waals surface area contributed by atoms with E-state index in [0.29, 0.717) is 12.5 Å². The number of hydrogen-bond donors (Lipinski definition) is 1. The summed E-state index contributed by atoms with van der Waals surface area (Å²) in [6, 6.07) is 0. The Bertz CT molecular complexity index is 269. The van der Waals surface area contributed by atoms with E-state index < -0.39 is 5.03 Å². The molecule has 1 fully saturated rings. The van der Waals surface area contributed by atoms with Crippen molar-refractivity contribution in [2.45, 2.75) is 26.0 Å². The van der Waals surface area contributed by atoms with Crippen molar-refractivity contribution in [3.05, 3.63) is 10.1 Å². The number of nitrogens with two attached hydrogens (primary N) is 1. The molecule has 1 rings (SSSR count). The van der Waals surface area contributed by atoms with Crippen molar-refractivity contribution in [2.75, 3.05) is 13.7 Å². The minimum absolute atomic E-state index is 0.0848. The van der Waals surface area contributed by atoms with Gasteiger partial charge in [0.15, 0.2) is 5.03 Å². The van der Waals surface area contributed by atoms with Crippen LogP contribution < -0.4 is 5.73 Å². The second-order valence-corrected chi connectivity index (χ2v) is 3.64. The van der Waals surface area contributed by atoms with Gasteiger partial charge in [0, 0.05) is 19.6 Å². The van der Waals surface area contributed by atoms with Crippen molar-refractivity contribution in [1.29, 1.82) is 0 Å². The predicted molar refractivity (Wildman–Crippen MR) is 54.5 cm³/mol. The van der Waals surface area contributed by atoms with Gasteiger partial charge in [0.2, 0.25) is 0 Å². The third-order valence-corrected chi connectivity index (χ3v) is 2.57. The van der Waals surface area contributed by atoms with Crippen molar-refractivity contribution < 1.29 is 9.77 Å². The number of nitrogens with zero attached hydrogens (tertiary/aromatic N) is 3. The van der Waals surface area contributed by atoms with E-state index in [-0.39, 0.29) is 12.2 Å². The lowest BCUT2D eigenvalue weighted by molar-refractivity contribution is -0.486. The number of guanidine groups is 1. The van der Waals surface area contributed by atoms with E-state index in [1.165, 1.54) is 0 Å². The second-order valence-electron chi connectivity index (χ2n) is 3.64. The number of rotatable bonds is 2. The minimum Gasteiger partial charge on any atom is -0.364 e. The molecule has 15 heavy (non-hydrogen) atoms. The van der Waals surface area contributed by atoms with Crippen LogP contribution in [0.2, 0.25) is 0 Å². The summed E-state index contributed by atoms with van der Waals surface area (Å²) in [4.78, 5) is 11.8. The predicted octanol–water partition coefficient (Wildman–Crippen LogP) is 0.197. The lowest BCUT2D eigenvalue weighted by Crippen LogP contribution is -2.51. The summed E-state index contributed by atoms with van der Waals surface area (Å²) in [6.45, 7) is 2.67. The SMILES string of the molecule is COC1C(C)CCCN1/C(N)=N/[N+](=O)[O-]. The smallest absolute Gasteiger partial charge is 0.270 e. The largest absolute Gasteiger partial charge is 0.364 e. The molecule has 1 aliphatic rings. The first-order valence-corrected chi connectivity index (χ1v) is 4.84. The lowest BCUT2D eigenvalue weighted by atomic mass is 9.98. The van der Waals surface area contributed by atoms with Gasteiger partial charge in [-0.2, -0.15) is 0 Å². The van der Waals surface area contributed by atoms with Crippen LogP contribution >= 0.6 is 0 Å². The molecule has 1 saturated heterocycles. The maximum Gasteiger partial charge on any atom is 0.270 e. The molecule has 0 radical (unpaired) electrons. The Hall–Kier alpha value is -1.37. The molecule has 0 aliphatic carbocycles. The number of nitro groups is 1. The summed E-state index contributed by atoms with van der Waals surface area (Å²) >= 11 is 0. The summed E-state index contributed by atoms with van der Waals surface area (Å²) < 4.78 is 5.26. The first-order chi connectivity index (χ1) is 7.06. The molecule has 86 valence electrons. The van der Waals surface area contributed by atoms with Crippen LogP contribution in [-0.2, 0) is 4.74 Å². The van der Waals surface area contributed by atoms with Crippen molar-refractivity contribution in [2.24, 2.45) is 16.8 Å². The van der Waals surface area contributed by atoms with Gasteiger partial charge in [-0.05, 0) is 12.8 Å². The van der Waals surface area contributed by atoms with Gasteiger partial charge in [-0.25, -0.2) is 10.1 Å². The number of hydrogen-bond acceptors (Lipinski definition) is 3. The molecule has 2 atom stereocenters. The maximum atomic E-state index is 10.2. The zero-order chi connectivity index (χ0) is 11.4. The van der Waals surface area contributed by atoms with E-state index in [1.807, 2.05) is 6.92 Å². The van der Waals surface area contributed by atoms with Gasteiger partial charge in [0.25, 0.3) is 5.96 Å². The Balaban J connectivity index is 2.77. The van der Waals surface area contributed by atoms with Crippen LogP contribution in [0.4, 0.5) is 0 Å². The Kier molecular flexibility index (Phi) is 3.84. The molecule has 0 spiro atoms. The molecule has 7 heteroatoms. The van der Waals surface area contributed by atoms with E-state index in [9.17, 15) is 10.1 Å². The average Bonchev–Trinajstić information content (AvgIpc) is 2.16. The van der Waals surface area contributed by atoms with Gasteiger partial charge in [-0.1, -0.05) is 6.92 Å². The number of piperidine rings is 1. The maximum absolute atomic E-state index is 10.2. The number of likely N-dealkylation sites (tertiary alicyclic amines) is 1. The van der Waals surface area contributed by atoms with E-state index in [2.05, 4.69) is 5.10 Å². The van der Waals surface area contributed by atoms with Crippen LogP contribution in [0.3, 0.4) is 0 Å². The van der Waals surface area contributed by atoms with Crippen molar-refractivity contribution in [3.8, 4) is 0 Å². The fourth-order valence-electron chi connectivity index (χ4n) is 1.91. The van der Waals surface area contributed by atoms with Crippen LogP contribution in [0.15, 0.2) is 5.10 Å². The summed E-state index contributed by atoms with van der Waals surface area (Å²) in [5.74, 6) is 0.211. The highest BCUT2D eigenvalue weighted by molar-refractivity contribution is 5.77. The molecule has 0 aromatic carbocycles. The fraction of sp³-hybridized carbons (Fsp3) is 0.875. The Labute approximate surface area is 88.0 Å². The van der Waals surface area contributed by atoms with E-state index in [4.69, 9.17) is 10.5 Å². The first kappa shape index (κ1) is 11.7. The summed E-state index contributed by atoms with van der Waals surface area (Å²) in [6.07, 6.45) is 1.75. The lowest BCUT2D eigenvalue weighted by Gasteiger charge is -2.38. The average molecular weight is 216 g/mol. The fourth-order valence-corrected chi connectivity index (χ4v) is 1.91. The third kappa shape index (κ3) is 2.79. The zero-order valence-electron chi connectivity index (χ0n) is 8.92. The Morgan fingerprint density at radius 3 is 2.93 bits per heavy atom. The van der Waals surface area contributed by atoms with Crippen molar-refractivity contribution >= 4 is 5.96 Å². The molecule has 0 aromatic rings. The van der Waals surface area contributed by atoms with Gasteiger partial charge in [-0.15, -0.1) is 0 Å². The van der Waals surface area contributed by atoms with Gasteiger partial charge in [0.1, 0.15) is 11.3 Å². The Morgan fingerprint density at radius 1 is 1.73 bits per heavy atom. The zero-order valence-corrected chi connectivity index (χ0v) is 8.92. The van der Waals surface area contributed by atoms with Crippen LogP contribution in [0.1, 0.15) is 19.8 Å². The molecule has 2 N–H and O–H groups in total. The van der Waals surface area contributed by atoms with Crippen LogP contribution in [0.5, 0.6) is 0 Å². The quantitative estimate of drug-likeness (QED) is 0.308. The molecule has 1 heterocycles. The van der Waals surface area contributed by atoms with Crippen LogP contribution in [0, 0.1) is 16.0 Å². The van der Waals surface area contributed by atoms with Gasteiger partial charge >= 0.3 is 0 Å². The number of methoxy groups -OCH3 is 1. The van der Waals surface area contributed by atoms with Crippen molar-refractivity contribution in [1.82, 2.24) is 4.90 Å². The van der Waals surface area contributed by atoms with Crippen LogP contribution in [-0.4, -0.2) is 35.8 Å². The molecule has 7 nitrogen and oxygen atoms in total. The van der Waals surface area contributed by atoms with Gasteiger partial charge in [0.05, 0.1) is 0 Å². The molecular formula is C8H16N4O3. The molecule has 0 aromatic heterocycles. The molecule has 0 amide bonds. The molecule has 2 unspecified atom stereocenters. The standard InChI is InChI=1S/C8H16N4O3/c1-6-4-3-5-11(7(6)15-2)8(9)10-12(13)14/h6-7H,3-5H2,1-2H3,(H2,9,10). The topological polar surface area (TPSA) is 94.0 Å². The molecular weight excluding hydrogens is 200 g/mol. The number of hydrazone groups is 1. The first-order valence-electron chi connectivity index (χ1n) is 4.84. The summed E-state index contributed by atoms with van der Waals surface area (Å²) in [5.41, 5.74) is 5.53. The summed E-state index contributed by atoms with van der Waals surface area (Å²) in [7, 11) is 1.57. The van der Waals surface area contributed by atoms with E-state index in [1.54, 1.807) is 12.0 Å². The third-order valence-electron chi connectivity index (χ3n) is 2.57. The molecule has 0 saturated carbocycles. The van der Waals surface area contributed by atoms with Gasteiger partial charge in [-0.3, -0.25) is 0 Å². The normalized spacial score (nSPS) is 27.9. The summed E-state index contributed by atoms with van der Waals surface area (Å²) in [5, 5.41) is 12.5. The van der Waals surface area contributed by atoms with Crippen LogP contribution in [0.25, 0.3) is 0 Å². The molecule has 1 aliphatic heterocycles. The van der Waals surface area contributed by atoms with E-state index >= 15 is 0 Å². The second kappa shape index (κ2) is 4.92. The van der Waals surface area contributed by atoms with Gasteiger partial charge < -0.3 is 15.4 Å². The van der Waals surface area contributed by atoms with Crippen molar-refractivity contribution in [3.63, 3.8) is 0 Å². The molecule has 0 bridgehead atoms. The highest BCUT2D eigenvalue weighted by atomic mass is 16.7. The highest BCUT2D eigenvalue weighted by Crippen LogP contribution is 2.23. The monoisotopic (exact) mass is 216 g/mol. The Morgan fingerprint density at radius 2 is 2.40 bits per heavy atom. The highest BCUT2D eigenvalue weighted by Gasteiger charge is 2.30. The number of ether oxygens (including phenoxy) is 1.